The van der Waals surface area contributed by atoms with E-state index in [2.05, 4.69) is 4.40 Å². The van der Waals surface area contributed by atoms with Crippen LogP contribution in [0.5, 0.6) is 0 Å². The second-order valence-corrected chi connectivity index (χ2v) is 4.71. The van der Waals surface area contributed by atoms with Crippen LogP contribution in [0.25, 0.3) is 0 Å². The van der Waals surface area contributed by atoms with Gasteiger partial charge in [-0.25, -0.2) is 5.14 Å². The predicted octanol–water partition coefficient (Wildman–Crippen LogP) is -0.884. The molecule has 0 saturated heterocycles. The second kappa shape index (κ2) is 4.05. The first-order valence-corrected chi connectivity index (χ1v) is 5.96. The van der Waals surface area contributed by atoms with Crippen molar-refractivity contribution in [3.05, 3.63) is 21.9 Å². The Balaban J connectivity index is 3.01. The molecule has 0 saturated carbocycles. The van der Waals surface area contributed by atoms with Gasteiger partial charge in [0.25, 0.3) is 0 Å². The molecule has 0 fully saturated rings. The molecule has 8 heteroatoms. The van der Waals surface area contributed by atoms with Crippen LogP contribution < -0.4 is 16.6 Å². The lowest BCUT2D eigenvalue weighted by atomic mass is 10.3. The molecule has 0 aliphatic carbocycles. The molecule has 0 amide bonds. The van der Waals surface area contributed by atoms with Gasteiger partial charge in [0.2, 0.25) is 0 Å². The van der Waals surface area contributed by atoms with Crippen LogP contribution in [0.3, 0.4) is 0 Å². The van der Waals surface area contributed by atoms with E-state index in [1.807, 2.05) is 0 Å². The molecule has 14 heavy (non-hydrogen) atoms. The molecule has 1 rings (SSSR count). The van der Waals surface area contributed by atoms with Crippen LogP contribution in [0.4, 0.5) is 0 Å². The van der Waals surface area contributed by atoms with Crippen molar-refractivity contribution >= 4 is 27.4 Å². The van der Waals surface area contributed by atoms with Crippen molar-refractivity contribution in [2.24, 2.45) is 21.0 Å². The number of nitrogens with zero attached hydrogens (tertiary/aromatic N) is 1. The Morgan fingerprint density at radius 1 is 1.57 bits per heavy atom. The summed E-state index contributed by atoms with van der Waals surface area (Å²) in [5, 5.41) is 6.37. The lowest BCUT2D eigenvalue weighted by Crippen LogP contribution is -2.18. The van der Waals surface area contributed by atoms with E-state index in [1.165, 1.54) is 11.3 Å². The average Bonchev–Trinajstić information content (AvgIpc) is 2.48. The lowest BCUT2D eigenvalue weighted by molar-refractivity contribution is 0.599. The molecule has 1 aromatic heterocycles. The summed E-state index contributed by atoms with van der Waals surface area (Å²) < 4.78 is 24.3. The maximum absolute atomic E-state index is 10.6. The molecule has 1 heterocycles. The number of thiophene rings is 1. The van der Waals surface area contributed by atoms with E-state index in [0.29, 0.717) is 12.1 Å². The highest BCUT2D eigenvalue weighted by molar-refractivity contribution is 7.88. The molecular weight excluding hydrogens is 224 g/mol. The SMILES string of the molecule is NCc1cc(C(N)=NS(N)(=O)=O)cs1. The summed E-state index contributed by atoms with van der Waals surface area (Å²) in [5.74, 6) is -0.122. The highest BCUT2D eigenvalue weighted by atomic mass is 32.2. The van der Waals surface area contributed by atoms with E-state index < -0.39 is 10.2 Å². The van der Waals surface area contributed by atoms with E-state index >= 15 is 0 Å². The topological polar surface area (TPSA) is 125 Å². The van der Waals surface area contributed by atoms with Gasteiger partial charge in [0, 0.05) is 22.4 Å². The van der Waals surface area contributed by atoms with Gasteiger partial charge >= 0.3 is 10.2 Å². The molecule has 0 aliphatic rings. The third kappa shape index (κ3) is 3.07. The maximum Gasteiger partial charge on any atom is 0.319 e. The molecule has 6 N–H and O–H groups in total. The van der Waals surface area contributed by atoms with Gasteiger partial charge in [-0.3, -0.25) is 0 Å². The van der Waals surface area contributed by atoms with Crippen molar-refractivity contribution in [2.75, 3.05) is 0 Å². The molecule has 0 aliphatic heterocycles. The Kier molecular flexibility index (Phi) is 3.21. The fraction of sp³-hybridized carbons (Fsp3) is 0.167. The average molecular weight is 234 g/mol. The van der Waals surface area contributed by atoms with Gasteiger partial charge in [0.15, 0.2) is 0 Å². The summed E-state index contributed by atoms with van der Waals surface area (Å²) in [5.41, 5.74) is 11.3. The van der Waals surface area contributed by atoms with E-state index in [0.717, 1.165) is 4.88 Å². The first-order chi connectivity index (χ1) is 6.42. The van der Waals surface area contributed by atoms with Gasteiger partial charge in [-0.05, 0) is 6.07 Å². The normalized spacial score (nSPS) is 13.1. The Bertz CT molecular complexity index is 448. The smallest absolute Gasteiger partial charge is 0.319 e. The third-order valence-corrected chi connectivity index (χ3v) is 2.79. The first kappa shape index (κ1) is 11.1. The molecule has 0 unspecified atom stereocenters. The zero-order valence-electron chi connectivity index (χ0n) is 7.17. The summed E-state index contributed by atoms with van der Waals surface area (Å²) in [4.78, 5) is 0.896. The summed E-state index contributed by atoms with van der Waals surface area (Å²) in [7, 11) is -3.93. The van der Waals surface area contributed by atoms with Crippen LogP contribution in [-0.4, -0.2) is 14.3 Å². The Hall–Kier alpha value is -0.960. The molecule has 6 nitrogen and oxygen atoms in total. The Morgan fingerprint density at radius 3 is 2.64 bits per heavy atom. The minimum Gasteiger partial charge on any atom is -0.382 e. The number of rotatable bonds is 3. The van der Waals surface area contributed by atoms with E-state index in [-0.39, 0.29) is 5.84 Å². The Labute approximate surface area is 85.6 Å². The van der Waals surface area contributed by atoms with E-state index in [4.69, 9.17) is 16.6 Å². The summed E-state index contributed by atoms with van der Waals surface area (Å²) >= 11 is 1.38. The molecule has 0 spiro atoms. The van der Waals surface area contributed by atoms with Gasteiger partial charge in [-0.2, -0.15) is 8.42 Å². The number of hydrogen-bond donors (Lipinski definition) is 3. The van der Waals surface area contributed by atoms with Crippen molar-refractivity contribution < 1.29 is 8.42 Å². The van der Waals surface area contributed by atoms with Crippen molar-refractivity contribution in [3.8, 4) is 0 Å². The fourth-order valence-electron chi connectivity index (χ4n) is 0.812. The maximum atomic E-state index is 10.6. The van der Waals surface area contributed by atoms with Crippen LogP contribution in [-0.2, 0) is 16.8 Å². The van der Waals surface area contributed by atoms with Crippen LogP contribution in [0.15, 0.2) is 15.8 Å². The highest BCUT2D eigenvalue weighted by Crippen LogP contribution is 2.13. The molecular formula is C6H10N4O2S2. The largest absolute Gasteiger partial charge is 0.382 e. The zero-order chi connectivity index (χ0) is 10.8. The van der Waals surface area contributed by atoms with Gasteiger partial charge in [-0.15, -0.1) is 15.7 Å². The van der Waals surface area contributed by atoms with Crippen molar-refractivity contribution in [2.45, 2.75) is 6.54 Å². The zero-order valence-corrected chi connectivity index (χ0v) is 8.81. The van der Waals surface area contributed by atoms with Gasteiger partial charge in [-0.1, -0.05) is 0 Å². The second-order valence-electron chi connectivity index (χ2n) is 2.50. The minimum absolute atomic E-state index is 0.122. The molecule has 1 aromatic rings. The third-order valence-electron chi connectivity index (χ3n) is 1.38. The number of hydrogen-bond acceptors (Lipinski definition) is 4. The lowest BCUT2D eigenvalue weighted by Gasteiger charge is -1.94. The molecule has 0 bridgehead atoms. The first-order valence-electron chi connectivity index (χ1n) is 3.58. The molecule has 0 radical (unpaired) electrons. The number of nitrogens with two attached hydrogens (primary N) is 3. The van der Waals surface area contributed by atoms with Crippen molar-refractivity contribution in [1.82, 2.24) is 0 Å². The van der Waals surface area contributed by atoms with Gasteiger partial charge in [0.05, 0.1) is 0 Å². The van der Waals surface area contributed by atoms with Crippen LogP contribution in [0, 0.1) is 0 Å². The highest BCUT2D eigenvalue weighted by Gasteiger charge is 2.05. The summed E-state index contributed by atoms with van der Waals surface area (Å²) in [6, 6.07) is 1.68. The van der Waals surface area contributed by atoms with Crippen molar-refractivity contribution in [3.63, 3.8) is 0 Å². The summed E-state index contributed by atoms with van der Waals surface area (Å²) in [6.45, 7) is 0.382. The van der Waals surface area contributed by atoms with Gasteiger partial charge in [0.1, 0.15) is 5.84 Å². The van der Waals surface area contributed by atoms with Crippen LogP contribution >= 0.6 is 11.3 Å². The molecule has 0 atom stereocenters. The predicted molar refractivity (Wildman–Crippen MR) is 56.0 cm³/mol. The minimum atomic E-state index is -3.93. The van der Waals surface area contributed by atoms with Crippen LogP contribution in [0.2, 0.25) is 0 Å². The number of amidine groups is 1. The standard InChI is InChI=1S/C6H10N4O2S2/c7-2-5-1-4(3-13-5)6(8)10-14(9,11)12/h1,3H,2,7H2,(H2,8,10)(H2,9,11,12). The molecule has 0 aromatic carbocycles. The van der Waals surface area contributed by atoms with Crippen LogP contribution in [0.1, 0.15) is 10.4 Å². The van der Waals surface area contributed by atoms with Gasteiger partial charge < -0.3 is 11.5 Å². The Morgan fingerprint density at radius 2 is 2.21 bits per heavy atom. The van der Waals surface area contributed by atoms with E-state index in [1.54, 1.807) is 11.4 Å². The van der Waals surface area contributed by atoms with Crippen molar-refractivity contribution in [1.29, 1.82) is 0 Å². The molecule has 78 valence electrons. The quantitative estimate of drug-likeness (QED) is 0.463. The fourth-order valence-corrected chi connectivity index (χ4v) is 1.95. The summed E-state index contributed by atoms with van der Waals surface area (Å²) in [6.07, 6.45) is 0. The monoisotopic (exact) mass is 234 g/mol. The van der Waals surface area contributed by atoms with E-state index in [9.17, 15) is 8.42 Å².